The number of hydrogen-bond acceptors (Lipinski definition) is 7. The summed E-state index contributed by atoms with van der Waals surface area (Å²) >= 11 is 4.15. The van der Waals surface area contributed by atoms with Crippen LogP contribution in [0.1, 0.15) is 42.8 Å². The standard InChI is InChI=1S/C23H27FN6O2S/c1-12(27-4)13(2)30-22(25)20(23(26)31)21(28-30)16-7-10-18(29-33)19(11-16)32-14(3)15-5-8-17(24)9-6-15/h5-11,14,27,29,33H,25H2,1-4H3,(H2,26,31)/b13-12-/t14-/m0/s1. The molecule has 1 atom stereocenters. The van der Waals surface area contributed by atoms with Crippen molar-refractivity contribution in [3.05, 3.63) is 65.1 Å². The van der Waals surface area contributed by atoms with E-state index in [4.69, 9.17) is 16.2 Å². The van der Waals surface area contributed by atoms with E-state index in [2.05, 4.69) is 28.0 Å². The summed E-state index contributed by atoms with van der Waals surface area (Å²) < 4.78 is 23.7. The Labute approximate surface area is 197 Å². The molecule has 0 aliphatic heterocycles. The number of thiol groups is 1. The molecule has 1 amide bonds. The summed E-state index contributed by atoms with van der Waals surface area (Å²) in [6.07, 6.45) is -0.386. The number of primary amides is 1. The monoisotopic (exact) mass is 470 g/mol. The lowest BCUT2D eigenvalue weighted by atomic mass is 10.1. The van der Waals surface area contributed by atoms with Gasteiger partial charge in [0.05, 0.1) is 11.4 Å². The number of halogens is 1. The zero-order chi connectivity index (χ0) is 24.3. The van der Waals surface area contributed by atoms with Crippen LogP contribution in [0, 0.1) is 5.82 Å². The maximum Gasteiger partial charge on any atom is 0.254 e. The first kappa shape index (κ1) is 24.0. The first-order chi connectivity index (χ1) is 15.7. The van der Waals surface area contributed by atoms with E-state index in [9.17, 15) is 9.18 Å². The zero-order valence-corrected chi connectivity index (χ0v) is 19.7. The molecule has 6 N–H and O–H groups in total. The molecule has 0 aliphatic rings. The molecule has 33 heavy (non-hydrogen) atoms. The smallest absolute Gasteiger partial charge is 0.254 e. The minimum absolute atomic E-state index is 0.113. The molecule has 2 aromatic carbocycles. The molecule has 1 heterocycles. The van der Waals surface area contributed by atoms with Gasteiger partial charge in [0.1, 0.15) is 34.7 Å². The minimum Gasteiger partial charge on any atom is -0.484 e. The highest BCUT2D eigenvalue weighted by Gasteiger charge is 2.24. The van der Waals surface area contributed by atoms with Gasteiger partial charge in [-0.1, -0.05) is 31.0 Å². The van der Waals surface area contributed by atoms with Crippen LogP contribution in [0.4, 0.5) is 15.9 Å². The highest BCUT2D eigenvalue weighted by atomic mass is 32.1. The van der Waals surface area contributed by atoms with Gasteiger partial charge in [-0.05, 0) is 50.6 Å². The van der Waals surface area contributed by atoms with Crippen LogP contribution < -0.4 is 26.2 Å². The number of ether oxygens (including phenoxy) is 1. The summed E-state index contributed by atoms with van der Waals surface area (Å²) in [5.41, 5.74) is 15.9. The number of rotatable bonds is 8. The minimum atomic E-state index is -0.692. The lowest BCUT2D eigenvalue weighted by molar-refractivity contribution is 0.100. The predicted molar refractivity (Wildman–Crippen MR) is 132 cm³/mol. The molecule has 8 nitrogen and oxygen atoms in total. The third-order valence-corrected chi connectivity index (χ3v) is 5.66. The Morgan fingerprint density at radius 1 is 1.21 bits per heavy atom. The van der Waals surface area contributed by atoms with Gasteiger partial charge in [-0.2, -0.15) is 5.10 Å². The largest absolute Gasteiger partial charge is 0.484 e. The first-order valence-electron chi connectivity index (χ1n) is 10.2. The third kappa shape index (κ3) is 4.90. The van der Waals surface area contributed by atoms with Crippen LogP contribution in [0.2, 0.25) is 0 Å². The van der Waals surface area contributed by atoms with Gasteiger partial charge in [0.25, 0.3) is 5.91 Å². The molecule has 0 spiro atoms. The average molecular weight is 471 g/mol. The Hall–Kier alpha value is -3.66. The van der Waals surface area contributed by atoms with E-state index in [-0.39, 0.29) is 23.3 Å². The molecule has 1 aromatic heterocycles. The van der Waals surface area contributed by atoms with Gasteiger partial charge in [-0.3, -0.25) is 4.79 Å². The van der Waals surface area contributed by atoms with Crippen LogP contribution >= 0.6 is 12.8 Å². The lowest BCUT2D eigenvalue weighted by Gasteiger charge is -2.18. The first-order valence-corrected chi connectivity index (χ1v) is 10.6. The number of nitrogen functional groups attached to an aromatic ring is 1. The fourth-order valence-corrected chi connectivity index (χ4v) is 3.51. The number of aromatic nitrogens is 2. The molecule has 10 heteroatoms. The van der Waals surface area contributed by atoms with Crippen LogP contribution in [0.5, 0.6) is 5.75 Å². The van der Waals surface area contributed by atoms with Crippen molar-refractivity contribution in [2.24, 2.45) is 5.73 Å². The molecule has 0 saturated carbocycles. The number of hydrogen-bond donors (Lipinski definition) is 5. The lowest BCUT2D eigenvalue weighted by Crippen LogP contribution is -2.15. The predicted octanol–water partition coefficient (Wildman–Crippen LogP) is 4.19. The maximum absolute atomic E-state index is 13.3. The van der Waals surface area contributed by atoms with Gasteiger partial charge in [-0.25, -0.2) is 9.07 Å². The Bertz CT molecular complexity index is 1210. The van der Waals surface area contributed by atoms with Gasteiger partial charge >= 0.3 is 0 Å². The molecule has 174 valence electrons. The van der Waals surface area contributed by atoms with Gasteiger partial charge < -0.3 is 26.2 Å². The Balaban J connectivity index is 2.09. The molecular formula is C23H27FN6O2S. The Kier molecular flexibility index (Phi) is 7.17. The van der Waals surface area contributed by atoms with E-state index < -0.39 is 5.91 Å². The highest BCUT2D eigenvalue weighted by Crippen LogP contribution is 2.36. The molecule has 3 aromatic rings. The van der Waals surface area contributed by atoms with Gasteiger partial charge in [0, 0.05) is 18.3 Å². The zero-order valence-electron chi connectivity index (χ0n) is 18.8. The summed E-state index contributed by atoms with van der Waals surface area (Å²) in [5.74, 6) is -0.414. The number of carbonyl (C=O) groups is 1. The van der Waals surface area contributed by atoms with Crippen molar-refractivity contribution < 1.29 is 13.9 Å². The average Bonchev–Trinajstić information content (AvgIpc) is 3.15. The quantitative estimate of drug-likeness (QED) is 0.315. The SMILES string of the molecule is CN/C(C)=C(/C)n1nc(-c2ccc(NS)c(O[C@@H](C)c3ccc(F)cc3)c2)c(C(N)=O)c1N. The summed E-state index contributed by atoms with van der Waals surface area (Å²) in [5, 5.41) is 7.61. The molecule has 0 unspecified atom stereocenters. The summed E-state index contributed by atoms with van der Waals surface area (Å²) in [4.78, 5) is 12.3. The topological polar surface area (TPSA) is 120 Å². The van der Waals surface area contributed by atoms with E-state index in [1.54, 1.807) is 37.4 Å². The van der Waals surface area contributed by atoms with Gasteiger partial charge in [-0.15, -0.1) is 0 Å². The van der Waals surface area contributed by atoms with Crippen molar-refractivity contribution in [1.29, 1.82) is 0 Å². The molecule has 0 fully saturated rings. The van der Waals surface area contributed by atoms with Crippen molar-refractivity contribution >= 4 is 35.9 Å². The van der Waals surface area contributed by atoms with Crippen molar-refractivity contribution in [3.8, 4) is 17.0 Å². The molecule has 0 aliphatic carbocycles. The second-order valence-electron chi connectivity index (χ2n) is 7.48. The molecule has 0 radical (unpaired) electrons. The van der Waals surface area contributed by atoms with E-state index in [0.717, 1.165) is 17.0 Å². The van der Waals surface area contributed by atoms with Crippen LogP contribution in [0.25, 0.3) is 17.0 Å². The number of amides is 1. The fraction of sp³-hybridized carbons (Fsp3) is 0.217. The second kappa shape index (κ2) is 9.86. The number of benzene rings is 2. The third-order valence-electron chi connectivity index (χ3n) is 5.42. The maximum atomic E-state index is 13.3. The van der Waals surface area contributed by atoms with E-state index in [1.165, 1.54) is 16.8 Å². The number of nitrogens with two attached hydrogens (primary N) is 2. The van der Waals surface area contributed by atoms with Crippen molar-refractivity contribution in [1.82, 2.24) is 15.1 Å². The number of nitrogens with zero attached hydrogens (tertiary/aromatic N) is 2. The number of anilines is 2. The molecule has 3 rings (SSSR count). The Morgan fingerprint density at radius 2 is 1.88 bits per heavy atom. The summed E-state index contributed by atoms with van der Waals surface area (Å²) in [7, 11) is 1.78. The van der Waals surface area contributed by atoms with Crippen LogP contribution in [0.3, 0.4) is 0 Å². The molecular weight excluding hydrogens is 443 g/mol. The van der Waals surface area contributed by atoms with Crippen LogP contribution in [-0.4, -0.2) is 22.7 Å². The molecule has 0 bridgehead atoms. The van der Waals surface area contributed by atoms with Crippen molar-refractivity contribution in [2.45, 2.75) is 26.9 Å². The fourth-order valence-electron chi connectivity index (χ4n) is 3.32. The number of allylic oxidation sites excluding steroid dienone is 2. The van der Waals surface area contributed by atoms with Crippen LogP contribution in [0.15, 0.2) is 48.2 Å². The van der Waals surface area contributed by atoms with Crippen LogP contribution in [-0.2, 0) is 0 Å². The van der Waals surface area contributed by atoms with E-state index in [1.807, 2.05) is 20.8 Å². The van der Waals surface area contributed by atoms with Crippen molar-refractivity contribution in [2.75, 3.05) is 17.5 Å². The summed E-state index contributed by atoms with van der Waals surface area (Å²) in [6.45, 7) is 5.55. The highest BCUT2D eigenvalue weighted by molar-refractivity contribution is 7.81. The molecule has 0 saturated heterocycles. The van der Waals surface area contributed by atoms with E-state index in [0.29, 0.717) is 22.7 Å². The number of carbonyl (C=O) groups excluding carboxylic acids is 1. The number of nitrogens with one attached hydrogen (secondary N) is 2. The summed E-state index contributed by atoms with van der Waals surface area (Å²) in [6, 6.07) is 11.3. The normalized spacial score (nSPS) is 12.7. The second-order valence-corrected chi connectivity index (χ2v) is 7.70. The van der Waals surface area contributed by atoms with Crippen molar-refractivity contribution in [3.63, 3.8) is 0 Å². The van der Waals surface area contributed by atoms with Gasteiger partial charge in [0.2, 0.25) is 0 Å². The Morgan fingerprint density at radius 3 is 2.45 bits per heavy atom. The van der Waals surface area contributed by atoms with E-state index >= 15 is 0 Å². The van der Waals surface area contributed by atoms with Gasteiger partial charge in [0.15, 0.2) is 0 Å².